The van der Waals surface area contributed by atoms with Crippen molar-refractivity contribution in [1.82, 2.24) is 9.97 Å². The van der Waals surface area contributed by atoms with Crippen LogP contribution in [0, 0.1) is 11.8 Å². The molecule has 4 aromatic rings. The Morgan fingerprint density at radius 1 is 0.656 bits per heavy atom. The van der Waals surface area contributed by atoms with Crippen molar-refractivity contribution in [3.8, 4) is 0 Å². The molecule has 6 heteroatoms. The van der Waals surface area contributed by atoms with Crippen molar-refractivity contribution in [2.75, 3.05) is 10.6 Å². The number of hydrogen-bond donors (Lipinski definition) is 2. The molecule has 0 bridgehead atoms. The summed E-state index contributed by atoms with van der Waals surface area (Å²) in [4.78, 5) is 34.3. The number of amides is 2. The Balaban J connectivity index is 1.16. The van der Waals surface area contributed by atoms with Gasteiger partial charge in [-0.25, -0.2) is 0 Å². The van der Waals surface area contributed by atoms with E-state index in [1.54, 1.807) is 12.4 Å². The summed E-state index contributed by atoms with van der Waals surface area (Å²) in [5.74, 6) is -0.181. The second kappa shape index (κ2) is 8.75. The Morgan fingerprint density at radius 2 is 1.06 bits per heavy atom. The van der Waals surface area contributed by atoms with E-state index >= 15 is 0 Å². The van der Waals surface area contributed by atoms with Crippen molar-refractivity contribution in [2.45, 2.75) is 25.7 Å². The molecule has 0 unspecified atom stereocenters. The van der Waals surface area contributed by atoms with Crippen LogP contribution in [0.3, 0.4) is 0 Å². The van der Waals surface area contributed by atoms with Gasteiger partial charge in [-0.1, -0.05) is 36.4 Å². The first-order valence-corrected chi connectivity index (χ1v) is 11.0. The van der Waals surface area contributed by atoms with Gasteiger partial charge in [-0.2, -0.15) is 0 Å². The van der Waals surface area contributed by atoms with Gasteiger partial charge >= 0.3 is 0 Å². The summed E-state index contributed by atoms with van der Waals surface area (Å²) < 4.78 is 0. The van der Waals surface area contributed by atoms with E-state index in [0.717, 1.165) is 21.8 Å². The number of carbonyl (C=O) groups is 2. The zero-order valence-electron chi connectivity index (χ0n) is 17.6. The van der Waals surface area contributed by atoms with Gasteiger partial charge < -0.3 is 10.6 Å². The molecule has 0 radical (unpaired) electrons. The minimum Gasteiger partial charge on any atom is -0.324 e. The van der Waals surface area contributed by atoms with E-state index < -0.39 is 0 Å². The lowest BCUT2D eigenvalue weighted by Crippen LogP contribution is -2.32. The van der Waals surface area contributed by atoms with Crippen molar-refractivity contribution in [3.05, 3.63) is 73.1 Å². The Hall–Kier alpha value is -3.80. The predicted octanol–water partition coefficient (Wildman–Crippen LogP) is 5.17. The minimum absolute atomic E-state index is 0.000307. The number of pyridine rings is 2. The fourth-order valence-corrected chi connectivity index (χ4v) is 4.39. The van der Waals surface area contributed by atoms with Crippen LogP contribution in [0.25, 0.3) is 21.8 Å². The molecule has 2 N–H and O–H groups in total. The minimum atomic E-state index is -0.0899. The Bertz CT molecular complexity index is 1190. The fraction of sp³-hybridized carbons (Fsp3) is 0.231. The molecule has 1 aliphatic rings. The SMILES string of the molecule is O=C(Nc1cnc2ccccc2c1)C1CCC(C(=O)Nc2cnc3ccccc3c2)CC1. The smallest absolute Gasteiger partial charge is 0.227 e. The molecule has 5 rings (SSSR count). The second-order valence-electron chi connectivity index (χ2n) is 8.36. The average molecular weight is 425 g/mol. The number of hydrogen-bond acceptors (Lipinski definition) is 4. The van der Waals surface area contributed by atoms with E-state index in [-0.39, 0.29) is 23.7 Å². The standard InChI is InChI=1S/C26H24N4O2/c31-25(29-21-13-19-5-1-3-7-23(19)27-15-21)17-9-11-18(12-10-17)26(32)30-22-14-20-6-2-4-8-24(20)28-16-22/h1-8,13-18H,9-12H2,(H,29,31)(H,30,32). The molecule has 2 heterocycles. The molecule has 32 heavy (non-hydrogen) atoms. The highest BCUT2D eigenvalue weighted by atomic mass is 16.2. The Morgan fingerprint density at radius 3 is 1.50 bits per heavy atom. The zero-order valence-corrected chi connectivity index (χ0v) is 17.6. The van der Waals surface area contributed by atoms with E-state index in [1.165, 1.54) is 0 Å². The number of para-hydroxylation sites is 2. The van der Waals surface area contributed by atoms with Gasteiger partial charge in [0.25, 0.3) is 0 Å². The quantitative estimate of drug-likeness (QED) is 0.474. The number of nitrogens with one attached hydrogen (secondary N) is 2. The summed E-state index contributed by atoms with van der Waals surface area (Å²) in [5, 5.41) is 7.98. The van der Waals surface area contributed by atoms with E-state index in [2.05, 4.69) is 20.6 Å². The molecule has 1 aliphatic carbocycles. The van der Waals surface area contributed by atoms with Crippen molar-refractivity contribution in [2.24, 2.45) is 11.8 Å². The van der Waals surface area contributed by atoms with Crippen LogP contribution in [-0.4, -0.2) is 21.8 Å². The van der Waals surface area contributed by atoms with Crippen LogP contribution in [0.1, 0.15) is 25.7 Å². The molecule has 2 aromatic heterocycles. The highest BCUT2D eigenvalue weighted by molar-refractivity contribution is 5.96. The number of rotatable bonds is 4. The molecular formula is C26H24N4O2. The van der Waals surface area contributed by atoms with Gasteiger partial charge in [0.2, 0.25) is 11.8 Å². The summed E-state index contributed by atoms with van der Waals surface area (Å²) in [5.41, 5.74) is 3.21. The topological polar surface area (TPSA) is 84.0 Å². The highest BCUT2D eigenvalue weighted by Crippen LogP contribution is 2.31. The van der Waals surface area contributed by atoms with Crippen molar-refractivity contribution >= 4 is 45.0 Å². The molecule has 2 amide bonds. The summed E-state index contributed by atoms with van der Waals surface area (Å²) in [6.07, 6.45) is 6.16. The first-order valence-electron chi connectivity index (χ1n) is 11.0. The van der Waals surface area contributed by atoms with Crippen molar-refractivity contribution in [3.63, 3.8) is 0 Å². The third kappa shape index (κ3) is 4.30. The third-order valence-corrected chi connectivity index (χ3v) is 6.18. The Kier molecular flexibility index (Phi) is 5.50. The van der Waals surface area contributed by atoms with Crippen LogP contribution < -0.4 is 10.6 Å². The van der Waals surface area contributed by atoms with E-state index in [9.17, 15) is 9.59 Å². The molecule has 0 saturated heterocycles. The monoisotopic (exact) mass is 424 g/mol. The van der Waals surface area contributed by atoms with Crippen LogP contribution in [0.15, 0.2) is 73.1 Å². The van der Waals surface area contributed by atoms with Crippen LogP contribution in [-0.2, 0) is 9.59 Å². The normalized spacial score (nSPS) is 18.4. The first kappa shape index (κ1) is 20.1. The third-order valence-electron chi connectivity index (χ3n) is 6.18. The predicted molar refractivity (Wildman–Crippen MR) is 126 cm³/mol. The van der Waals surface area contributed by atoms with Crippen LogP contribution in [0.2, 0.25) is 0 Å². The van der Waals surface area contributed by atoms with Gasteiger partial charge in [0.15, 0.2) is 0 Å². The molecule has 160 valence electrons. The fourth-order valence-electron chi connectivity index (χ4n) is 4.39. The summed E-state index contributed by atoms with van der Waals surface area (Å²) in [7, 11) is 0. The lowest BCUT2D eigenvalue weighted by Gasteiger charge is -2.27. The molecule has 0 atom stereocenters. The van der Waals surface area contributed by atoms with Gasteiger partial charge in [-0.15, -0.1) is 0 Å². The highest BCUT2D eigenvalue weighted by Gasteiger charge is 2.30. The molecule has 1 fully saturated rings. The maximum Gasteiger partial charge on any atom is 0.227 e. The number of anilines is 2. The van der Waals surface area contributed by atoms with Gasteiger partial charge in [0.1, 0.15) is 0 Å². The van der Waals surface area contributed by atoms with Gasteiger partial charge in [-0.3, -0.25) is 19.6 Å². The number of carbonyl (C=O) groups excluding carboxylic acids is 2. The lowest BCUT2D eigenvalue weighted by molar-refractivity contribution is -0.125. The number of nitrogens with zero attached hydrogens (tertiary/aromatic N) is 2. The zero-order chi connectivity index (χ0) is 21.9. The van der Waals surface area contributed by atoms with Crippen LogP contribution in [0.5, 0.6) is 0 Å². The number of aromatic nitrogens is 2. The maximum atomic E-state index is 12.7. The largest absolute Gasteiger partial charge is 0.324 e. The van der Waals surface area contributed by atoms with E-state index in [0.29, 0.717) is 37.1 Å². The van der Waals surface area contributed by atoms with E-state index in [4.69, 9.17) is 0 Å². The summed E-state index contributed by atoms with van der Waals surface area (Å²) >= 11 is 0. The van der Waals surface area contributed by atoms with Gasteiger partial charge in [0, 0.05) is 22.6 Å². The summed E-state index contributed by atoms with van der Waals surface area (Å²) in [6.45, 7) is 0. The molecule has 1 saturated carbocycles. The van der Waals surface area contributed by atoms with Crippen LogP contribution in [0.4, 0.5) is 11.4 Å². The van der Waals surface area contributed by atoms with Gasteiger partial charge in [0.05, 0.1) is 34.8 Å². The first-order chi connectivity index (χ1) is 15.7. The number of benzene rings is 2. The van der Waals surface area contributed by atoms with E-state index in [1.807, 2.05) is 60.7 Å². The van der Waals surface area contributed by atoms with Crippen LogP contribution >= 0.6 is 0 Å². The molecule has 0 spiro atoms. The number of fused-ring (bicyclic) bond motifs is 2. The molecular weight excluding hydrogens is 400 g/mol. The van der Waals surface area contributed by atoms with Crippen molar-refractivity contribution in [1.29, 1.82) is 0 Å². The molecule has 6 nitrogen and oxygen atoms in total. The maximum absolute atomic E-state index is 12.7. The lowest BCUT2D eigenvalue weighted by atomic mass is 9.81. The second-order valence-corrected chi connectivity index (χ2v) is 8.36. The summed E-state index contributed by atoms with van der Waals surface area (Å²) in [6, 6.07) is 19.5. The average Bonchev–Trinajstić information content (AvgIpc) is 2.84. The molecule has 0 aliphatic heterocycles. The van der Waals surface area contributed by atoms with Gasteiger partial charge in [-0.05, 0) is 49.9 Å². The Labute approximate surface area is 186 Å². The molecule has 2 aromatic carbocycles. The van der Waals surface area contributed by atoms with Crippen molar-refractivity contribution < 1.29 is 9.59 Å².